The summed E-state index contributed by atoms with van der Waals surface area (Å²) in [5.41, 5.74) is 1.20. The molecule has 9 heteroatoms. The number of carbonyl (C=O) groups excluding carboxylic acids is 2. The van der Waals surface area contributed by atoms with E-state index in [2.05, 4.69) is 4.99 Å². The van der Waals surface area contributed by atoms with Crippen molar-refractivity contribution in [2.75, 3.05) is 20.2 Å². The van der Waals surface area contributed by atoms with E-state index in [1.165, 1.54) is 11.0 Å². The summed E-state index contributed by atoms with van der Waals surface area (Å²) in [7, 11) is 1.60. The second-order valence-corrected chi connectivity index (χ2v) is 7.10. The molecule has 2 atom stereocenters. The highest BCUT2D eigenvalue weighted by molar-refractivity contribution is 6.04. The number of rotatable bonds is 5. The molecule has 8 nitrogen and oxygen atoms in total. The van der Waals surface area contributed by atoms with Crippen molar-refractivity contribution < 1.29 is 19.1 Å². The predicted molar refractivity (Wildman–Crippen MR) is 99.1 cm³/mol. The van der Waals surface area contributed by atoms with Gasteiger partial charge in [-0.25, -0.2) is 14.2 Å². The molecule has 1 fully saturated rings. The number of benzene rings is 1. The second kappa shape index (κ2) is 6.90. The van der Waals surface area contributed by atoms with Crippen LogP contribution < -0.4 is 0 Å². The number of hydrogen-bond donors (Lipinski definition) is 1. The van der Waals surface area contributed by atoms with Crippen LogP contribution in [-0.2, 0) is 11.3 Å². The summed E-state index contributed by atoms with van der Waals surface area (Å²) >= 11 is 0. The largest absolute Gasteiger partial charge is 0.396 e. The van der Waals surface area contributed by atoms with Gasteiger partial charge in [0, 0.05) is 37.7 Å². The fraction of sp³-hybridized carbons (Fsp3) is 0.421. The van der Waals surface area contributed by atoms with Crippen LogP contribution in [0.3, 0.4) is 0 Å². The molecule has 1 N–H and O–H groups in total. The van der Waals surface area contributed by atoms with Gasteiger partial charge >= 0.3 is 6.03 Å². The van der Waals surface area contributed by atoms with E-state index in [1.807, 2.05) is 18.0 Å². The smallest absolute Gasteiger partial charge is 0.328 e. The molecule has 3 heterocycles. The van der Waals surface area contributed by atoms with Crippen molar-refractivity contribution in [2.45, 2.75) is 32.1 Å². The molecule has 0 spiro atoms. The lowest BCUT2D eigenvalue weighted by Gasteiger charge is -2.40. The zero-order chi connectivity index (χ0) is 20.0. The Bertz CT molecular complexity index is 886. The molecule has 0 bridgehead atoms. The molecule has 3 aliphatic heterocycles. The fourth-order valence-corrected chi connectivity index (χ4v) is 3.85. The van der Waals surface area contributed by atoms with E-state index in [9.17, 15) is 14.0 Å². The molecule has 0 aromatic heterocycles. The van der Waals surface area contributed by atoms with Crippen molar-refractivity contribution in [3.63, 3.8) is 0 Å². The minimum atomic E-state index is -0.682. The topological polar surface area (TPSA) is 79.7 Å². The maximum atomic E-state index is 14.1. The van der Waals surface area contributed by atoms with Gasteiger partial charge in [-0.05, 0) is 19.4 Å². The number of fused-ring (bicyclic) bond motifs is 3. The number of guanidine groups is 1. The molecular formula is C19H22FN5O3. The maximum Gasteiger partial charge on any atom is 0.328 e. The number of halogens is 1. The van der Waals surface area contributed by atoms with Gasteiger partial charge in [0.15, 0.2) is 12.2 Å². The number of imide groups is 1. The standard InChI is InChI=1S/C19H22FN5O3/c1-12-10-24-15-16(21-18(24)23(12)8-5-9-26)22(2)19(28)25(17(15)27)11-13-6-3-4-7-14(13)20/h3-4,6-7,10,15-16,26H,5,8-9,11H2,1-2H3. The first-order valence-corrected chi connectivity index (χ1v) is 9.18. The summed E-state index contributed by atoms with van der Waals surface area (Å²) in [5.74, 6) is -0.256. The van der Waals surface area contributed by atoms with E-state index in [-0.39, 0.29) is 18.7 Å². The number of aliphatic hydroxyl groups excluding tert-OH is 1. The van der Waals surface area contributed by atoms with Crippen LogP contribution in [0.4, 0.5) is 9.18 Å². The molecule has 0 aliphatic carbocycles. The van der Waals surface area contributed by atoms with E-state index in [0.29, 0.717) is 18.9 Å². The van der Waals surface area contributed by atoms with Gasteiger partial charge in [-0.3, -0.25) is 9.69 Å². The number of aliphatic imine (C=N–C) groups is 1. The summed E-state index contributed by atoms with van der Waals surface area (Å²) in [6, 6.07) is 4.93. The van der Waals surface area contributed by atoms with Gasteiger partial charge in [-0.1, -0.05) is 18.2 Å². The first-order chi connectivity index (χ1) is 13.4. The lowest BCUT2D eigenvalue weighted by molar-refractivity contribution is -0.137. The van der Waals surface area contributed by atoms with Gasteiger partial charge < -0.3 is 19.8 Å². The van der Waals surface area contributed by atoms with Gasteiger partial charge in [0.25, 0.3) is 5.91 Å². The molecule has 0 saturated carbocycles. The molecule has 0 radical (unpaired) electrons. The maximum absolute atomic E-state index is 14.1. The average Bonchev–Trinajstić information content (AvgIpc) is 3.18. The van der Waals surface area contributed by atoms with Crippen molar-refractivity contribution in [3.05, 3.63) is 47.5 Å². The van der Waals surface area contributed by atoms with Crippen molar-refractivity contribution in [2.24, 2.45) is 4.99 Å². The zero-order valence-electron chi connectivity index (χ0n) is 15.7. The third kappa shape index (κ3) is 2.73. The number of urea groups is 1. The quantitative estimate of drug-likeness (QED) is 0.820. The Morgan fingerprint density at radius 3 is 2.68 bits per heavy atom. The zero-order valence-corrected chi connectivity index (χ0v) is 15.7. The third-order valence-corrected chi connectivity index (χ3v) is 5.33. The van der Waals surface area contributed by atoms with Crippen LogP contribution >= 0.6 is 0 Å². The molecule has 1 saturated heterocycles. The van der Waals surface area contributed by atoms with Gasteiger partial charge in [0.05, 0.1) is 6.54 Å². The van der Waals surface area contributed by atoms with Crippen LogP contribution in [0.15, 0.2) is 41.2 Å². The molecule has 3 aliphatic rings. The van der Waals surface area contributed by atoms with Gasteiger partial charge in [0.2, 0.25) is 5.96 Å². The number of allylic oxidation sites excluding steroid dienone is 1. The number of aliphatic hydroxyl groups is 1. The molecular weight excluding hydrogens is 365 g/mol. The van der Waals surface area contributed by atoms with E-state index in [4.69, 9.17) is 5.11 Å². The summed E-state index contributed by atoms with van der Waals surface area (Å²) in [4.78, 5) is 36.8. The Morgan fingerprint density at radius 1 is 1.21 bits per heavy atom. The van der Waals surface area contributed by atoms with Gasteiger partial charge in [-0.2, -0.15) is 0 Å². The Kier molecular flexibility index (Phi) is 4.54. The van der Waals surface area contributed by atoms with Crippen molar-refractivity contribution in [1.29, 1.82) is 0 Å². The summed E-state index contributed by atoms with van der Waals surface area (Å²) in [6.45, 7) is 2.40. The summed E-state index contributed by atoms with van der Waals surface area (Å²) < 4.78 is 14.1. The minimum Gasteiger partial charge on any atom is -0.396 e. The number of carbonyl (C=O) groups is 2. The van der Waals surface area contributed by atoms with Crippen LogP contribution in [-0.4, -0.2) is 75.0 Å². The summed E-state index contributed by atoms with van der Waals surface area (Å²) in [6.07, 6.45) is 1.77. The van der Waals surface area contributed by atoms with Crippen LogP contribution in [0, 0.1) is 5.82 Å². The normalized spacial score (nSPS) is 23.9. The number of likely N-dealkylation sites (N-methyl/N-ethyl adjacent to an activating group) is 1. The van der Waals surface area contributed by atoms with Crippen molar-refractivity contribution in [1.82, 2.24) is 19.6 Å². The molecule has 148 valence electrons. The molecule has 1 aromatic rings. The van der Waals surface area contributed by atoms with Gasteiger partial charge in [-0.15, -0.1) is 0 Å². The van der Waals surface area contributed by atoms with Gasteiger partial charge in [0.1, 0.15) is 5.82 Å². The third-order valence-electron chi connectivity index (χ3n) is 5.33. The molecule has 3 amide bonds. The Hall–Kier alpha value is -2.94. The molecule has 28 heavy (non-hydrogen) atoms. The SMILES string of the molecule is CC1=CN2C(=NC3C2C(=O)N(Cc2ccccc2F)C(=O)N3C)N1CCCO. The lowest BCUT2D eigenvalue weighted by Crippen LogP contribution is -2.63. The highest BCUT2D eigenvalue weighted by atomic mass is 19.1. The Balaban J connectivity index is 1.62. The first kappa shape index (κ1) is 18.4. The summed E-state index contributed by atoms with van der Waals surface area (Å²) in [5, 5.41) is 9.13. The average molecular weight is 387 g/mol. The second-order valence-electron chi connectivity index (χ2n) is 7.10. The van der Waals surface area contributed by atoms with Crippen LogP contribution in [0.5, 0.6) is 0 Å². The number of nitrogens with zero attached hydrogens (tertiary/aromatic N) is 5. The fourth-order valence-electron chi connectivity index (χ4n) is 3.85. The highest BCUT2D eigenvalue weighted by Crippen LogP contribution is 2.34. The predicted octanol–water partition coefficient (Wildman–Crippen LogP) is 1.15. The van der Waals surface area contributed by atoms with E-state index in [0.717, 1.165) is 10.6 Å². The number of amides is 3. The van der Waals surface area contributed by atoms with Crippen LogP contribution in [0.25, 0.3) is 0 Å². The van der Waals surface area contributed by atoms with E-state index in [1.54, 1.807) is 30.1 Å². The van der Waals surface area contributed by atoms with E-state index >= 15 is 0 Å². The first-order valence-electron chi connectivity index (χ1n) is 9.18. The molecule has 1 aromatic carbocycles. The Morgan fingerprint density at radius 2 is 1.96 bits per heavy atom. The van der Waals surface area contributed by atoms with Crippen molar-refractivity contribution >= 4 is 17.9 Å². The highest BCUT2D eigenvalue weighted by Gasteiger charge is 2.54. The van der Waals surface area contributed by atoms with Crippen LogP contribution in [0.2, 0.25) is 0 Å². The lowest BCUT2D eigenvalue weighted by atomic mass is 10.1. The van der Waals surface area contributed by atoms with E-state index < -0.39 is 30.0 Å². The van der Waals surface area contributed by atoms with Crippen LogP contribution in [0.1, 0.15) is 18.9 Å². The minimum absolute atomic E-state index is 0.0532. The monoisotopic (exact) mass is 387 g/mol. The molecule has 2 unspecified atom stereocenters. The van der Waals surface area contributed by atoms with Crippen molar-refractivity contribution in [3.8, 4) is 0 Å². The Labute approximate surface area is 162 Å². The number of hydrogen-bond acceptors (Lipinski definition) is 6. The molecule has 4 rings (SSSR count).